The number of para-hydroxylation sites is 1. The molecule has 2 heterocycles. The molecule has 1 aromatic carbocycles. The summed E-state index contributed by atoms with van der Waals surface area (Å²) in [6.07, 6.45) is 3.57. The van der Waals surface area contributed by atoms with Crippen molar-refractivity contribution in [3.05, 3.63) is 48.3 Å². The van der Waals surface area contributed by atoms with Gasteiger partial charge in [0.25, 0.3) is 5.91 Å². The minimum atomic E-state index is -0.408. The van der Waals surface area contributed by atoms with Crippen molar-refractivity contribution in [1.82, 2.24) is 14.7 Å². The molecule has 2 aromatic rings. The molecule has 7 nitrogen and oxygen atoms in total. The Hall–Kier alpha value is -2.83. The predicted molar refractivity (Wildman–Crippen MR) is 87.2 cm³/mol. The van der Waals surface area contributed by atoms with Gasteiger partial charge in [-0.15, -0.1) is 0 Å². The normalized spacial score (nSPS) is 20.1. The fourth-order valence-corrected chi connectivity index (χ4v) is 3.02. The van der Waals surface area contributed by atoms with Crippen LogP contribution in [0.4, 0.5) is 0 Å². The molecule has 0 bridgehead atoms. The number of likely N-dealkylation sites (tertiary alicyclic amines) is 1. The lowest BCUT2D eigenvalue weighted by Gasteiger charge is -2.16. The Morgan fingerprint density at radius 2 is 2.04 bits per heavy atom. The number of hydrogen-bond acceptors (Lipinski definition) is 4. The van der Waals surface area contributed by atoms with Crippen LogP contribution in [-0.4, -0.2) is 46.2 Å². The van der Waals surface area contributed by atoms with E-state index in [9.17, 15) is 9.59 Å². The van der Waals surface area contributed by atoms with E-state index in [2.05, 4.69) is 5.10 Å². The molecule has 7 heteroatoms. The molecular weight excluding hydrogens is 308 g/mol. The van der Waals surface area contributed by atoms with E-state index in [0.29, 0.717) is 18.8 Å². The Morgan fingerprint density at radius 1 is 1.29 bits per heavy atom. The number of nitrogens with two attached hydrogens (primary N) is 1. The fraction of sp³-hybridized carbons (Fsp3) is 0.353. The molecule has 1 fully saturated rings. The number of hydrogen-bond donors (Lipinski definition) is 1. The maximum absolute atomic E-state index is 12.4. The Labute approximate surface area is 140 Å². The van der Waals surface area contributed by atoms with Gasteiger partial charge in [0.05, 0.1) is 12.1 Å². The van der Waals surface area contributed by atoms with Gasteiger partial charge in [-0.05, 0) is 17.7 Å². The quantitative estimate of drug-likeness (QED) is 0.867. The molecule has 0 spiro atoms. The number of primary amides is 1. The van der Waals surface area contributed by atoms with Gasteiger partial charge < -0.3 is 15.4 Å². The summed E-state index contributed by atoms with van der Waals surface area (Å²) in [6, 6.07) is 9.16. The second-order valence-corrected chi connectivity index (χ2v) is 5.96. The van der Waals surface area contributed by atoms with Gasteiger partial charge in [-0.2, -0.15) is 5.10 Å². The van der Waals surface area contributed by atoms with Crippen molar-refractivity contribution in [2.24, 2.45) is 18.7 Å². The lowest BCUT2D eigenvalue weighted by Crippen LogP contribution is -2.34. The maximum Gasteiger partial charge on any atom is 0.260 e. The average Bonchev–Trinajstić information content (AvgIpc) is 3.20. The summed E-state index contributed by atoms with van der Waals surface area (Å²) in [5.41, 5.74) is 6.44. The highest BCUT2D eigenvalue weighted by Gasteiger charge is 2.39. The number of ether oxygens (including phenoxy) is 1. The molecule has 0 saturated carbocycles. The molecule has 2 amide bonds. The average molecular weight is 328 g/mol. The molecule has 24 heavy (non-hydrogen) atoms. The van der Waals surface area contributed by atoms with Gasteiger partial charge in [0.15, 0.2) is 6.61 Å². The minimum absolute atomic E-state index is 0.0603. The van der Waals surface area contributed by atoms with Gasteiger partial charge in [0, 0.05) is 32.3 Å². The van der Waals surface area contributed by atoms with E-state index in [1.165, 1.54) is 0 Å². The zero-order valence-corrected chi connectivity index (χ0v) is 13.5. The van der Waals surface area contributed by atoms with Crippen molar-refractivity contribution in [3.8, 4) is 5.75 Å². The number of benzene rings is 1. The van der Waals surface area contributed by atoms with Gasteiger partial charge in [-0.25, -0.2) is 0 Å². The van der Waals surface area contributed by atoms with Gasteiger partial charge in [0.1, 0.15) is 5.75 Å². The molecule has 0 radical (unpaired) electrons. The van der Waals surface area contributed by atoms with Crippen LogP contribution in [-0.2, 0) is 16.6 Å². The lowest BCUT2D eigenvalue weighted by molar-refractivity contribution is -0.132. The smallest absolute Gasteiger partial charge is 0.260 e. The van der Waals surface area contributed by atoms with Crippen LogP contribution in [0.2, 0.25) is 0 Å². The number of aryl methyl sites for hydroxylation is 1. The van der Waals surface area contributed by atoms with E-state index in [4.69, 9.17) is 10.5 Å². The van der Waals surface area contributed by atoms with E-state index in [1.807, 2.05) is 31.4 Å². The summed E-state index contributed by atoms with van der Waals surface area (Å²) >= 11 is 0. The molecule has 1 aromatic heterocycles. The molecule has 1 aliphatic heterocycles. The number of nitrogens with zero attached hydrogens (tertiary/aromatic N) is 3. The second-order valence-electron chi connectivity index (χ2n) is 5.96. The summed E-state index contributed by atoms with van der Waals surface area (Å²) in [4.78, 5) is 25.8. The Kier molecular flexibility index (Phi) is 4.50. The van der Waals surface area contributed by atoms with E-state index in [0.717, 1.165) is 5.56 Å². The van der Waals surface area contributed by atoms with Crippen molar-refractivity contribution in [2.75, 3.05) is 19.7 Å². The summed E-state index contributed by atoms with van der Waals surface area (Å²) < 4.78 is 7.17. The SMILES string of the molecule is Cn1cc([C@H]2CN(C(=O)COc3ccccc3)C[C@@H]2C(N)=O)cn1. The Balaban J connectivity index is 1.66. The monoisotopic (exact) mass is 328 g/mol. The molecule has 2 atom stereocenters. The largest absolute Gasteiger partial charge is 0.484 e. The van der Waals surface area contributed by atoms with Crippen LogP contribution in [0.25, 0.3) is 0 Å². The minimum Gasteiger partial charge on any atom is -0.484 e. The van der Waals surface area contributed by atoms with E-state index in [-0.39, 0.29) is 18.4 Å². The number of rotatable bonds is 5. The zero-order valence-electron chi connectivity index (χ0n) is 13.5. The van der Waals surface area contributed by atoms with Crippen molar-refractivity contribution in [3.63, 3.8) is 0 Å². The number of amides is 2. The number of carbonyl (C=O) groups is 2. The van der Waals surface area contributed by atoms with E-state index in [1.54, 1.807) is 27.9 Å². The highest BCUT2D eigenvalue weighted by molar-refractivity contribution is 5.82. The Morgan fingerprint density at radius 3 is 2.67 bits per heavy atom. The maximum atomic E-state index is 12.4. The van der Waals surface area contributed by atoms with Crippen LogP contribution in [0.1, 0.15) is 11.5 Å². The molecule has 1 aliphatic rings. The van der Waals surface area contributed by atoms with Crippen LogP contribution < -0.4 is 10.5 Å². The van der Waals surface area contributed by atoms with Gasteiger partial charge in [-0.3, -0.25) is 14.3 Å². The topological polar surface area (TPSA) is 90.5 Å². The standard InChI is InChI=1S/C17H20N4O3/c1-20-8-12(7-19-20)14-9-21(10-15(14)17(18)23)16(22)11-24-13-5-3-2-4-6-13/h2-8,14-15H,9-11H2,1H3,(H2,18,23)/t14-,15+/m1/s1. The third-order valence-electron chi connectivity index (χ3n) is 4.30. The second kappa shape index (κ2) is 6.74. The van der Waals surface area contributed by atoms with E-state index >= 15 is 0 Å². The summed E-state index contributed by atoms with van der Waals surface area (Å²) in [5, 5.41) is 4.14. The molecule has 1 saturated heterocycles. The number of carbonyl (C=O) groups excluding carboxylic acids is 2. The molecule has 126 valence electrons. The highest BCUT2D eigenvalue weighted by atomic mass is 16.5. The molecular formula is C17H20N4O3. The van der Waals surface area contributed by atoms with Crippen LogP contribution >= 0.6 is 0 Å². The first-order valence-electron chi connectivity index (χ1n) is 7.78. The first-order chi connectivity index (χ1) is 11.5. The van der Waals surface area contributed by atoms with Gasteiger partial charge in [-0.1, -0.05) is 18.2 Å². The van der Waals surface area contributed by atoms with Gasteiger partial charge >= 0.3 is 0 Å². The third-order valence-corrected chi connectivity index (χ3v) is 4.30. The van der Waals surface area contributed by atoms with Crippen molar-refractivity contribution < 1.29 is 14.3 Å². The third kappa shape index (κ3) is 3.40. The summed E-state index contributed by atoms with van der Waals surface area (Å²) in [6.45, 7) is 0.692. The summed E-state index contributed by atoms with van der Waals surface area (Å²) in [7, 11) is 1.81. The van der Waals surface area contributed by atoms with Crippen LogP contribution in [0.5, 0.6) is 5.75 Å². The summed E-state index contributed by atoms with van der Waals surface area (Å²) in [5.74, 6) is -0.452. The molecule has 0 aliphatic carbocycles. The number of aromatic nitrogens is 2. The Bertz CT molecular complexity index is 728. The fourth-order valence-electron chi connectivity index (χ4n) is 3.02. The van der Waals surface area contributed by atoms with E-state index < -0.39 is 11.8 Å². The first kappa shape index (κ1) is 16.0. The van der Waals surface area contributed by atoms with Crippen LogP contribution in [0.3, 0.4) is 0 Å². The molecule has 2 N–H and O–H groups in total. The van der Waals surface area contributed by atoms with Crippen LogP contribution in [0, 0.1) is 5.92 Å². The zero-order chi connectivity index (χ0) is 17.1. The highest BCUT2D eigenvalue weighted by Crippen LogP contribution is 2.32. The van der Waals surface area contributed by atoms with Crippen molar-refractivity contribution in [2.45, 2.75) is 5.92 Å². The van der Waals surface area contributed by atoms with Crippen LogP contribution in [0.15, 0.2) is 42.7 Å². The molecule has 0 unspecified atom stereocenters. The van der Waals surface area contributed by atoms with Crippen molar-refractivity contribution in [1.29, 1.82) is 0 Å². The van der Waals surface area contributed by atoms with Gasteiger partial charge in [0.2, 0.25) is 5.91 Å². The molecule has 3 rings (SSSR count). The lowest BCUT2D eigenvalue weighted by atomic mass is 9.90. The van der Waals surface area contributed by atoms with Crippen molar-refractivity contribution >= 4 is 11.8 Å². The predicted octanol–water partition coefficient (Wildman–Crippen LogP) is 0.526. The first-order valence-corrected chi connectivity index (χ1v) is 7.78.